The number of alkyl halides is 3. The predicted octanol–water partition coefficient (Wildman–Crippen LogP) is 3.15. The van der Waals surface area contributed by atoms with E-state index in [1.165, 1.54) is 0 Å². The van der Waals surface area contributed by atoms with Crippen molar-refractivity contribution in [3.8, 4) is 0 Å². The molecule has 20 heavy (non-hydrogen) atoms. The van der Waals surface area contributed by atoms with Gasteiger partial charge in [0.15, 0.2) is 5.84 Å². The molecule has 1 aromatic carbocycles. The predicted molar refractivity (Wildman–Crippen MR) is 72.0 cm³/mol. The van der Waals surface area contributed by atoms with Crippen molar-refractivity contribution in [1.82, 2.24) is 0 Å². The fraction of sp³-hybridized carbons (Fsp3) is 0.462. The molecule has 4 N–H and O–H groups in total. The highest BCUT2D eigenvalue weighted by Crippen LogP contribution is 2.27. The second kappa shape index (κ2) is 6.49. The zero-order valence-electron chi connectivity index (χ0n) is 11.3. The summed E-state index contributed by atoms with van der Waals surface area (Å²) in [6.45, 7) is 3.57. The summed E-state index contributed by atoms with van der Waals surface area (Å²) in [5, 5.41) is 13.5. The third kappa shape index (κ3) is 4.32. The van der Waals surface area contributed by atoms with E-state index in [0.717, 1.165) is 5.56 Å². The van der Waals surface area contributed by atoms with Crippen molar-refractivity contribution >= 4 is 11.5 Å². The minimum Gasteiger partial charge on any atom is -0.409 e. The Morgan fingerprint density at radius 2 is 1.85 bits per heavy atom. The Balaban J connectivity index is 2.73. The summed E-state index contributed by atoms with van der Waals surface area (Å²) in [6.07, 6.45) is -4.57. The number of halogens is 3. The first kappa shape index (κ1) is 16.1. The lowest BCUT2D eigenvalue weighted by Crippen LogP contribution is -2.40. The lowest BCUT2D eigenvalue weighted by Gasteiger charge is -2.20. The first-order valence-electron chi connectivity index (χ1n) is 6.13. The van der Waals surface area contributed by atoms with Gasteiger partial charge in [-0.3, -0.25) is 0 Å². The molecule has 4 nitrogen and oxygen atoms in total. The van der Waals surface area contributed by atoms with Crippen molar-refractivity contribution in [2.45, 2.75) is 25.9 Å². The Morgan fingerprint density at radius 1 is 1.30 bits per heavy atom. The minimum atomic E-state index is -4.57. The van der Waals surface area contributed by atoms with Crippen LogP contribution in [0, 0.1) is 5.92 Å². The first-order valence-corrected chi connectivity index (χ1v) is 6.13. The normalized spacial score (nSPS) is 14.4. The van der Waals surface area contributed by atoms with E-state index in [1.807, 2.05) is 26.0 Å². The molecule has 0 bridgehead atoms. The lowest BCUT2D eigenvalue weighted by atomic mass is 10.0. The molecule has 0 aliphatic rings. The summed E-state index contributed by atoms with van der Waals surface area (Å²) >= 11 is 0. The molecule has 0 saturated heterocycles. The highest BCUT2D eigenvalue weighted by atomic mass is 19.4. The maximum absolute atomic E-state index is 12.7. The van der Waals surface area contributed by atoms with Crippen LogP contribution in [0.3, 0.4) is 0 Å². The fourth-order valence-corrected chi connectivity index (χ4v) is 1.66. The van der Waals surface area contributed by atoms with E-state index in [4.69, 9.17) is 10.9 Å². The van der Waals surface area contributed by atoms with Gasteiger partial charge in [0, 0.05) is 12.2 Å². The molecule has 0 heterocycles. The second-order valence-corrected chi connectivity index (χ2v) is 4.78. The van der Waals surface area contributed by atoms with Gasteiger partial charge in [0.25, 0.3) is 0 Å². The number of nitrogens with two attached hydrogens (primary N) is 1. The lowest BCUT2D eigenvalue weighted by molar-refractivity contribution is -0.152. The second-order valence-electron chi connectivity index (χ2n) is 4.78. The summed E-state index contributed by atoms with van der Waals surface area (Å²) in [4.78, 5) is 0. The zero-order valence-corrected chi connectivity index (χ0v) is 11.3. The van der Waals surface area contributed by atoms with Crippen molar-refractivity contribution in [2.75, 3.05) is 11.9 Å². The standard InChI is InChI=1S/C13H18F3N3O/c1-8(2)9-3-5-10(6-4-9)18-7-11(12(17)19-20)13(14,15)16/h3-6,8,11,18,20H,7H2,1-2H3,(H2,17,19). The number of hydrogen-bond acceptors (Lipinski definition) is 3. The molecule has 1 unspecified atom stereocenters. The van der Waals surface area contributed by atoms with Crippen LogP contribution in [-0.4, -0.2) is 23.8 Å². The SMILES string of the molecule is CC(C)c1ccc(NCC(/C(N)=N/O)C(F)(F)F)cc1. The van der Waals surface area contributed by atoms with E-state index in [0.29, 0.717) is 11.6 Å². The van der Waals surface area contributed by atoms with Crippen LogP contribution >= 0.6 is 0 Å². The number of amidine groups is 1. The summed E-state index contributed by atoms with van der Waals surface area (Å²) in [6, 6.07) is 7.10. The van der Waals surface area contributed by atoms with Gasteiger partial charge in [0.05, 0.1) is 0 Å². The van der Waals surface area contributed by atoms with Crippen LogP contribution in [0.4, 0.5) is 18.9 Å². The largest absolute Gasteiger partial charge is 0.409 e. The van der Waals surface area contributed by atoms with Crippen LogP contribution in [0.2, 0.25) is 0 Å². The Hall–Kier alpha value is -1.92. The number of rotatable bonds is 5. The molecule has 0 radical (unpaired) electrons. The van der Waals surface area contributed by atoms with Gasteiger partial charge in [0.1, 0.15) is 5.92 Å². The Morgan fingerprint density at radius 3 is 2.25 bits per heavy atom. The van der Waals surface area contributed by atoms with Gasteiger partial charge in [-0.25, -0.2) is 0 Å². The average Bonchev–Trinajstić information content (AvgIpc) is 2.37. The number of oxime groups is 1. The molecule has 0 fully saturated rings. The van der Waals surface area contributed by atoms with E-state index < -0.39 is 24.5 Å². The number of anilines is 1. The van der Waals surface area contributed by atoms with E-state index in [2.05, 4.69) is 10.5 Å². The van der Waals surface area contributed by atoms with Gasteiger partial charge in [-0.1, -0.05) is 31.1 Å². The van der Waals surface area contributed by atoms with Crippen molar-refractivity contribution in [3.05, 3.63) is 29.8 Å². The van der Waals surface area contributed by atoms with Gasteiger partial charge in [0.2, 0.25) is 0 Å². The first-order chi connectivity index (χ1) is 9.25. The maximum atomic E-state index is 12.7. The molecule has 0 aliphatic heterocycles. The molecular weight excluding hydrogens is 271 g/mol. The van der Waals surface area contributed by atoms with Crippen LogP contribution in [0.15, 0.2) is 29.4 Å². The Bertz CT molecular complexity index is 455. The van der Waals surface area contributed by atoms with Crippen LogP contribution in [0.1, 0.15) is 25.3 Å². The monoisotopic (exact) mass is 289 g/mol. The number of benzene rings is 1. The van der Waals surface area contributed by atoms with E-state index in [1.54, 1.807) is 12.1 Å². The number of nitrogens with one attached hydrogen (secondary N) is 1. The molecule has 1 atom stereocenters. The van der Waals surface area contributed by atoms with Crippen LogP contribution in [-0.2, 0) is 0 Å². The topological polar surface area (TPSA) is 70.6 Å². The van der Waals surface area contributed by atoms with Crippen molar-refractivity contribution in [3.63, 3.8) is 0 Å². The Kier molecular flexibility index (Phi) is 5.24. The highest BCUT2D eigenvalue weighted by molar-refractivity contribution is 5.83. The fourth-order valence-electron chi connectivity index (χ4n) is 1.66. The molecule has 1 aromatic rings. The number of nitrogens with zero attached hydrogens (tertiary/aromatic N) is 1. The van der Waals surface area contributed by atoms with Crippen molar-refractivity contribution in [1.29, 1.82) is 0 Å². The molecule has 0 aromatic heterocycles. The van der Waals surface area contributed by atoms with Gasteiger partial charge in [-0.15, -0.1) is 0 Å². The molecule has 0 aliphatic carbocycles. The Labute approximate surface area is 115 Å². The smallest absolute Gasteiger partial charge is 0.400 e. The van der Waals surface area contributed by atoms with Crippen molar-refractivity contribution < 1.29 is 18.4 Å². The molecule has 112 valence electrons. The van der Waals surface area contributed by atoms with Gasteiger partial charge in [-0.2, -0.15) is 13.2 Å². The quantitative estimate of drug-likeness (QED) is 0.337. The van der Waals surface area contributed by atoms with E-state index in [9.17, 15) is 13.2 Å². The molecule has 0 amide bonds. The number of hydrogen-bond donors (Lipinski definition) is 3. The van der Waals surface area contributed by atoms with Gasteiger partial charge < -0.3 is 16.3 Å². The van der Waals surface area contributed by atoms with Gasteiger partial charge in [-0.05, 0) is 23.6 Å². The minimum absolute atomic E-state index is 0.351. The third-order valence-corrected chi connectivity index (χ3v) is 2.96. The summed E-state index contributed by atoms with van der Waals surface area (Å²) in [5.41, 5.74) is 6.72. The van der Waals surface area contributed by atoms with E-state index >= 15 is 0 Å². The zero-order chi connectivity index (χ0) is 15.3. The van der Waals surface area contributed by atoms with Crippen molar-refractivity contribution in [2.24, 2.45) is 16.8 Å². The van der Waals surface area contributed by atoms with E-state index in [-0.39, 0.29) is 0 Å². The molecule has 0 saturated carbocycles. The van der Waals surface area contributed by atoms with Crippen LogP contribution in [0.5, 0.6) is 0 Å². The summed E-state index contributed by atoms with van der Waals surface area (Å²) in [5.74, 6) is -2.54. The highest BCUT2D eigenvalue weighted by Gasteiger charge is 2.42. The van der Waals surface area contributed by atoms with Crippen LogP contribution < -0.4 is 11.1 Å². The summed E-state index contributed by atoms with van der Waals surface area (Å²) < 4.78 is 38.2. The third-order valence-electron chi connectivity index (χ3n) is 2.96. The molecule has 7 heteroatoms. The maximum Gasteiger partial charge on any atom is 0.400 e. The van der Waals surface area contributed by atoms with Gasteiger partial charge >= 0.3 is 6.18 Å². The molecule has 1 rings (SSSR count). The molecular formula is C13H18F3N3O. The summed E-state index contributed by atoms with van der Waals surface area (Å²) in [7, 11) is 0. The average molecular weight is 289 g/mol. The molecule has 0 spiro atoms. The van der Waals surface area contributed by atoms with Crippen LogP contribution in [0.25, 0.3) is 0 Å².